The number of anilines is 2. The van der Waals surface area contributed by atoms with Gasteiger partial charge in [-0.2, -0.15) is 0 Å². The first-order valence-electron chi connectivity index (χ1n) is 14.4. The van der Waals surface area contributed by atoms with Crippen LogP contribution >= 0.6 is 0 Å². The van der Waals surface area contributed by atoms with Gasteiger partial charge in [-0.1, -0.05) is 49.7 Å². The molecular weight excluding hydrogens is 562 g/mol. The van der Waals surface area contributed by atoms with E-state index >= 15 is 0 Å². The Labute approximate surface area is 253 Å². The Kier molecular flexibility index (Phi) is 9.45. The Morgan fingerprint density at radius 3 is 2.14 bits per heavy atom. The largest absolute Gasteiger partial charge is 0.504 e. The van der Waals surface area contributed by atoms with Crippen LogP contribution in [0.3, 0.4) is 0 Å². The van der Waals surface area contributed by atoms with E-state index in [2.05, 4.69) is 4.98 Å². The number of hydrogen-bond acceptors (Lipinski definition) is 6. The number of carbonyl (C=O) groups is 1. The lowest BCUT2D eigenvalue weighted by Crippen LogP contribution is -2.25. The van der Waals surface area contributed by atoms with E-state index in [4.69, 9.17) is 0 Å². The van der Waals surface area contributed by atoms with Crippen LogP contribution in [0.4, 0.5) is 11.4 Å². The summed E-state index contributed by atoms with van der Waals surface area (Å²) < 4.78 is 27.9. The minimum absolute atomic E-state index is 0.143. The highest BCUT2D eigenvalue weighted by atomic mass is 32.2. The third-order valence-electron chi connectivity index (χ3n) is 7.39. The highest BCUT2D eigenvalue weighted by Gasteiger charge is 2.31. The van der Waals surface area contributed by atoms with E-state index in [-0.39, 0.29) is 16.5 Å². The minimum Gasteiger partial charge on any atom is -0.504 e. The molecule has 0 unspecified atom stereocenters. The number of nitrogens with zero attached hydrogens (tertiary/aromatic N) is 2. The normalized spacial score (nSPS) is 11.4. The summed E-state index contributed by atoms with van der Waals surface area (Å²) >= 11 is 0. The van der Waals surface area contributed by atoms with Gasteiger partial charge in [0.15, 0.2) is 10.6 Å². The van der Waals surface area contributed by atoms with Gasteiger partial charge in [0.2, 0.25) is 9.84 Å². The molecule has 0 radical (unpaired) electrons. The number of nitrogens with one attached hydrogen (secondary N) is 1. The molecular formula is C34H39N3O5S. The summed E-state index contributed by atoms with van der Waals surface area (Å²) in [5.74, 6) is -0.745. The second-order valence-corrected chi connectivity index (χ2v) is 12.8. The predicted octanol–water partition coefficient (Wildman–Crippen LogP) is 6.40. The zero-order valence-corrected chi connectivity index (χ0v) is 26.4. The number of pyridine rings is 1. The SMILES string of the molecule is CCCCc1[nH]c(=O)c(S(=O)(=O)c2ccc(-c3ccccc3C(=O)N(C)C)cc2)c(O)c1N(CC)c1cc(C)cc(C)c1. The number of unbranched alkanes of at least 4 members (excludes halogenated alkanes) is 1. The topological polar surface area (TPSA) is 111 Å². The number of carbonyl (C=O) groups excluding carboxylic acids is 1. The Morgan fingerprint density at radius 1 is 0.930 bits per heavy atom. The third kappa shape index (κ3) is 6.37. The summed E-state index contributed by atoms with van der Waals surface area (Å²) in [4.78, 5) is 31.4. The van der Waals surface area contributed by atoms with Gasteiger partial charge < -0.3 is 19.9 Å². The van der Waals surface area contributed by atoms with Crippen molar-refractivity contribution in [3.63, 3.8) is 0 Å². The van der Waals surface area contributed by atoms with Crippen molar-refractivity contribution in [2.75, 3.05) is 25.5 Å². The molecule has 0 spiro atoms. The lowest BCUT2D eigenvalue weighted by atomic mass is 9.99. The fraction of sp³-hybridized carbons (Fsp3) is 0.294. The molecule has 0 aliphatic heterocycles. The maximum absolute atomic E-state index is 14.0. The number of benzene rings is 3. The van der Waals surface area contributed by atoms with Crippen LogP contribution in [0.2, 0.25) is 0 Å². The van der Waals surface area contributed by atoms with Crippen LogP contribution in [0.1, 0.15) is 53.9 Å². The van der Waals surface area contributed by atoms with Crippen molar-refractivity contribution in [3.8, 4) is 16.9 Å². The van der Waals surface area contributed by atoms with Crippen molar-refractivity contribution in [3.05, 3.63) is 99.5 Å². The van der Waals surface area contributed by atoms with Crippen LogP contribution in [0.15, 0.2) is 81.3 Å². The zero-order valence-electron chi connectivity index (χ0n) is 25.6. The number of H-pyrrole nitrogens is 1. The number of aryl methyl sites for hydroxylation is 3. The highest BCUT2D eigenvalue weighted by Crippen LogP contribution is 2.41. The van der Waals surface area contributed by atoms with Crippen LogP contribution in [0.25, 0.3) is 11.1 Å². The van der Waals surface area contributed by atoms with E-state index in [9.17, 15) is 23.1 Å². The Hall–Kier alpha value is -4.37. The fourth-order valence-corrected chi connectivity index (χ4v) is 6.73. The first-order chi connectivity index (χ1) is 20.4. The minimum atomic E-state index is -4.43. The lowest BCUT2D eigenvalue weighted by Gasteiger charge is -2.28. The molecule has 0 saturated carbocycles. The number of aromatic nitrogens is 1. The molecule has 1 amide bonds. The van der Waals surface area contributed by atoms with E-state index in [1.165, 1.54) is 17.0 Å². The molecule has 0 atom stereocenters. The smallest absolute Gasteiger partial charge is 0.271 e. The van der Waals surface area contributed by atoms with E-state index < -0.39 is 26.0 Å². The number of amides is 1. The summed E-state index contributed by atoms with van der Waals surface area (Å²) in [7, 11) is -1.10. The number of hydrogen-bond donors (Lipinski definition) is 2. The summed E-state index contributed by atoms with van der Waals surface area (Å²) in [5.41, 5.74) is 4.52. The van der Waals surface area contributed by atoms with Crippen molar-refractivity contribution in [1.29, 1.82) is 0 Å². The molecule has 9 heteroatoms. The lowest BCUT2D eigenvalue weighted by molar-refractivity contribution is 0.0828. The van der Waals surface area contributed by atoms with Gasteiger partial charge >= 0.3 is 0 Å². The standard InChI is InChI=1S/C34H39N3O5S/c1-7-9-14-29-30(37(8-2)25-20-22(3)19-23(4)21-25)31(38)32(33(39)35-29)43(41,42)26-17-15-24(16-18-26)27-12-10-11-13-28(27)34(40)36(5)6/h10-13,15-21H,7-9,14H2,1-6H3,(H2,35,38,39). The Bertz CT molecular complexity index is 1790. The maximum Gasteiger partial charge on any atom is 0.271 e. The van der Waals surface area contributed by atoms with Crippen molar-refractivity contribution in [1.82, 2.24) is 9.88 Å². The van der Waals surface area contributed by atoms with E-state index in [1.54, 1.807) is 50.5 Å². The number of rotatable bonds is 10. The van der Waals surface area contributed by atoms with Gasteiger partial charge in [0.25, 0.3) is 11.5 Å². The zero-order chi connectivity index (χ0) is 31.5. The quantitative estimate of drug-likeness (QED) is 0.218. The number of aromatic amines is 1. The molecule has 0 aliphatic carbocycles. The van der Waals surface area contributed by atoms with Gasteiger partial charge in [0.1, 0.15) is 5.69 Å². The highest BCUT2D eigenvalue weighted by molar-refractivity contribution is 7.91. The van der Waals surface area contributed by atoms with Gasteiger partial charge in [-0.15, -0.1) is 0 Å². The first-order valence-corrected chi connectivity index (χ1v) is 15.9. The van der Waals surface area contributed by atoms with Crippen molar-refractivity contribution in [2.45, 2.75) is 56.7 Å². The molecule has 0 saturated heterocycles. The van der Waals surface area contributed by atoms with Crippen LogP contribution in [0.5, 0.6) is 5.75 Å². The Morgan fingerprint density at radius 2 is 1.56 bits per heavy atom. The van der Waals surface area contributed by atoms with Crippen molar-refractivity contribution < 1.29 is 18.3 Å². The molecule has 2 N–H and O–H groups in total. The number of sulfone groups is 1. The average Bonchev–Trinajstić information content (AvgIpc) is 2.96. The molecule has 4 aromatic rings. The molecule has 0 fully saturated rings. The molecule has 0 aliphatic rings. The van der Waals surface area contributed by atoms with Crippen LogP contribution in [-0.2, 0) is 16.3 Å². The average molecular weight is 602 g/mol. The summed E-state index contributed by atoms with van der Waals surface area (Å²) in [6, 6.07) is 19.1. The second kappa shape index (κ2) is 12.9. The molecule has 1 aromatic heterocycles. The maximum atomic E-state index is 14.0. The summed E-state index contributed by atoms with van der Waals surface area (Å²) in [5, 5.41) is 11.6. The van der Waals surface area contributed by atoms with E-state index in [1.807, 2.05) is 50.8 Å². The molecule has 43 heavy (non-hydrogen) atoms. The molecule has 8 nitrogen and oxygen atoms in total. The van der Waals surface area contributed by atoms with Crippen molar-refractivity contribution >= 4 is 27.1 Å². The van der Waals surface area contributed by atoms with Gasteiger partial charge in [0, 0.05) is 37.6 Å². The first kappa shape index (κ1) is 31.6. The van der Waals surface area contributed by atoms with Crippen LogP contribution < -0.4 is 10.5 Å². The van der Waals surface area contributed by atoms with Crippen molar-refractivity contribution in [2.24, 2.45) is 0 Å². The summed E-state index contributed by atoms with van der Waals surface area (Å²) in [6.45, 7) is 8.32. The molecule has 3 aromatic carbocycles. The second-order valence-electron chi connectivity index (χ2n) is 10.9. The number of aromatic hydroxyl groups is 1. The van der Waals surface area contributed by atoms with Gasteiger partial charge in [-0.25, -0.2) is 8.42 Å². The van der Waals surface area contributed by atoms with Gasteiger partial charge in [0.05, 0.1) is 4.90 Å². The molecule has 0 bridgehead atoms. The molecule has 226 valence electrons. The monoisotopic (exact) mass is 601 g/mol. The predicted molar refractivity (Wildman–Crippen MR) is 171 cm³/mol. The van der Waals surface area contributed by atoms with Gasteiger partial charge in [-0.05, 0) is 86.2 Å². The molecule has 4 rings (SSSR count). The Balaban J connectivity index is 1.86. The summed E-state index contributed by atoms with van der Waals surface area (Å²) in [6.07, 6.45) is 2.07. The van der Waals surface area contributed by atoms with Crippen LogP contribution in [-0.4, -0.2) is 50.0 Å². The fourth-order valence-electron chi connectivity index (χ4n) is 5.36. The van der Waals surface area contributed by atoms with E-state index in [0.29, 0.717) is 35.3 Å². The van der Waals surface area contributed by atoms with E-state index in [0.717, 1.165) is 29.7 Å². The van der Waals surface area contributed by atoms with Crippen LogP contribution in [0, 0.1) is 13.8 Å². The third-order valence-corrected chi connectivity index (χ3v) is 9.20. The van der Waals surface area contributed by atoms with Gasteiger partial charge in [-0.3, -0.25) is 9.59 Å². The molecule has 1 heterocycles.